The van der Waals surface area contributed by atoms with Crippen molar-refractivity contribution in [2.45, 2.75) is 70.1 Å². The Morgan fingerprint density at radius 1 is 1.17 bits per heavy atom. The summed E-state index contributed by atoms with van der Waals surface area (Å²) >= 11 is 0. The maximum Gasteiger partial charge on any atom is 0.309 e. The Morgan fingerprint density at radius 3 is 2.37 bits per heavy atom. The van der Waals surface area contributed by atoms with Crippen molar-refractivity contribution in [3.8, 4) is 0 Å². The van der Waals surface area contributed by atoms with Crippen LogP contribution in [0.15, 0.2) is 11.8 Å². The molecule has 3 fully saturated rings. The molecule has 10 atom stereocenters. The van der Waals surface area contributed by atoms with Crippen LogP contribution >= 0.6 is 0 Å². The fourth-order valence-electron chi connectivity index (χ4n) is 7.54. The van der Waals surface area contributed by atoms with E-state index < -0.39 is 58.7 Å². The molecule has 1 saturated heterocycles. The number of aliphatic hydroxyl groups is 3. The van der Waals surface area contributed by atoms with E-state index in [1.807, 2.05) is 6.92 Å². The van der Waals surface area contributed by atoms with Gasteiger partial charge in [-0.15, -0.1) is 0 Å². The highest BCUT2D eigenvalue weighted by Crippen LogP contribution is 2.70. The van der Waals surface area contributed by atoms with E-state index in [-0.39, 0.29) is 23.4 Å². The van der Waals surface area contributed by atoms with Crippen LogP contribution in [-0.4, -0.2) is 70.8 Å². The molecule has 0 spiro atoms. The first-order valence-electron chi connectivity index (χ1n) is 10.5. The standard InChI is InChI=1S/C22H32O8/c1-10-7-12(28-5)17(25)19(2)11(10)8-13-20(3)16(19)15(24)18(29-6)21(4,26)22(20,27)9-14(23)30-13/h7,10-11,13,15-16,18,24,26-27H,8-9H2,1-6H3/t10-,11-,13-,15+,16-,18-,19+,20-,21-,22+/m1/s1. The summed E-state index contributed by atoms with van der Waals surface area (Å²) in [6, 6.07) is 0. The lowest BCUT2D eigenvalue weighted by molar-refractivity contribution is -0.371. The van der Waals surface area contributed by atoms with Gasteiger partial charge in [0.05, 0.1) is 19.6 Å². The maximum atomic E-state index is 13.6. The first kappa shape index (κ1) is 21.7. The molecule has 0 aromatic heterocycles. The van der Waals surface area contributed by atoms with Gasteiger partial charge in [0.25, 0.3) is 0 Å². The van der Waals surface area contributed by atoms with Crippen molar-refractivity contribution in [2.24, 2.45) is 28.6 Å². The second-order valence-electron chi connectivity index (χ2n) is 10.1. The molecule has 8 nitrogen and oxygen atoms in total. The number of fused-ring (bicyclic) bond motifs is 2. The molecule has 0 aromatic rings. The van der Waals surface area contributed by atoms with Crippen molar-refractivity contribution >= 4 is 11.8 Å². The van der Waals surface area contributed by atoms with Gasteiger partial charge in [0, 0.05) is 23.9 Å². The van der Waals surface area contributed by atoms with Crippen molar-refractivity contribution in [3.63, 3.8) is 0 Å². The van der Waals surface area contributed by atoms with E-state index >= 15 is 0 Å². The Morgan fingerprint density at radius 2 is 1.80 bits per heavy atom. The number of ether oxygens (including phenoxy) is 3. The van der Waals surface area contributed by atoms with Crippen LogP contribution in [0.2, 0.25) is 0 Å². The number of hydrogen-bond acceptors (Lipinski definition) is 8. The summed E-state index contributed by atoms with van der Waals surface area (Å²) in [6.07, 6.45) is -1.60. The molecule has 168 valence electrons. The van der Waals surface area contributed by atoms with Crippen molar-refractivity contribution < 1.29 is 39.1 Å². The highest BCUT2D eigenvalue weighted by atomic mass is 16.6. The Hall–Kier alpha value is -1.48. The molecular formula is C22H32O8. The zero-order valence-corrected chi connectivity index (χ0v) is 18.3. The number of allylic oxidation sites excluding steroid dienone is 2. The largest absolute Gasteiger partial charge is 0.493 e. The van der Waals surface area contributed by atoms with E-state index in [4.69, 9.17) is 14.2 Å². The molecule has 2 saturated carbocycles. The van der Waals surface area contributed by atoms with E-state index in [2.05, 4.69) is 0 Å². The smallest absolute Gasteiger partial charge is 0.309 e. The number of aliphatic hydroxyl groups excluding tert-OH is 1. The third kappa shape index (κ3) is 2.16. The van der Waals surface area contributed by atoms with Crippen LogP contribution in [0.1, 0.15) is 40.5 Å². The summed E-state index contributed by atoms with van der Waals surface area (Å²) in [5.74, 6) is -1.83. The molecule has 4 rings (SSSR count). The summed E-state index contributed by atoms with van der Waals surface area (Å²) < 4.78 is 16.6. The average molecular weight is 424 g/mol. The molecule has 1 aliphatic heterocycles. The van der Waals surface area contributed by atoms with Gasteiger partial charge in [-0.25, -0.2) is 0 Å². The lowest BCUT2D eigenvalue weighted by Crippen LogP contribution is -2.85. The minimum Gasteiger partial charge on any atom is -0.493 e. The predicted molar refractivity (Wildman–Crippen MR) is 104 cm³/mol. The molecule has 3 aliphatic carbocycles. The molecule has 0 unspecified atom stereocenters. The molecule has 1 heterocycles. The van der Waals surface area contributed by atoms with E-state index in [9.17, 15) is 24.9 Å². The number of hydrogen-bond donors (Lipinski definition) is 3. The normalized spacial score (nSPS) is 55.2. The van der Waals surface area contributed by atoms with Gasteiger partial charge in [-0.2, -0.15) is 0 Å². The number of carbonyl (C=O) groups excluding carboxylic acids is 2. The van der Waals surface area contributed by atoms with Crippen molar-refractivity contribution in [3.05, 3.63) is 11.8 Å². The summed E-state index contributed by atoms with van der Waals surface area (Å²) in [4.78, 5) is 26.2. The molecule has 3 N–H and O–H groups in total. The maximum absolute atomic E-state index is 13.6. The second-order valence-corrected chi connectivity index (χ2v) is 10.1. The molecule has 4 aliphatic rings. The third-order valence-corrected chi connectivity index (χ3v) is 9.04. The van der Waals surface area contributed by atoms with Crippen molar-refractivity contribution in [1.29, 1.82) is 0 Å². The molecule has 0 bridgehead atoms. The van der Waals surface area contributed by atoms with Gasteiger partial charge in [0.15, 0.2) is 5.76 Å². The zero-order chi connectivity index (χ0) is 22.4. The lowest BCUT2D eigenvalue weighted by atomic mass is 9.36. The minimum absolute atomic E-state index is 0.0865. The Bertz CT molecular complexity index is 820. The van der Waals surface area contributed by atoms with Gasteiger partial charge >= 0.3 is 5.97 Å². The molecule has 0 aromatic carbocycles. The highest BCUT2D eigenvalue weighted by Gasteiger charge is 2.81. The second kappa shape index (κ2) is 6.28. The molecule has 0 amide bonds. The summed E-state index contributed by atoms with van der Waals surface area (Å²) in [7, 11) is 2.77. The zero-order valence-electron chi connectivity index (χ0n) is 18.3. The number of esters is 1. The quantitative estimate of drug-likeness (QED) is 0.550. The first-order chi connectivity index (χ1) is 13.8. The van der Waals surface area contributed by atoms with Crippen LogP contribution in [0.3, 0.4) is 0 Å². The van der Waals surface area contributed by atoms with Gasteiger partial charge in [-0.1, -0.05) is 20.8 Å². The predicted octanol–water partition coefficient (Wildman–Crippen LogP) is 0.571. The minimum atomic E-state index is -1.96. The Labute approximate surface area is 176 Å². The van der Waals surface area contributed by atoms with Gasteiger partial charge in [-0.05, 0) is 31.3 Å². The fourth-order valence-corrected chi connectivity index (χ4v) is 7.54. The summed E-state index contributed by atoms with van der Waals surface area (Å²) in [5.41, 5.74) is -6.31. The number of methoxy groups -OCH3 is 2. The number of rotatable bonds is 2. The van der Waals surface area contributed by atoms with Gasteiger partial charge in [-0.3, -0.25) is 9.59 Å². The van der Waals surface area contributed by atoms with Crippen LogP contribution in [0.4, 0.5) is 0 Å². The van der Waals surface area contributed by atoms with Gasteiger partial charge in [0.1, 0.15) is 23.4 Å². The van der Waals surface area contributed by atoms with E-state index in [1.165, 1.54) is 21.1 Å². The molecule has 0 radical (unpaired) electrons. The summed E-state index contributed by atoms with van der Waals surface area (Å²) in [6.45, 7) is 6.85. The Kier molecular flexibility index (Phi) is 4.55. The van der Waals surface area contributed by atoms with Crippen LogP contribution in [-0.2, 0) is 23.8 Å². The van der Waals surface area contributed by atoms with Crippen LogP contribution < -0.4 is 0 Å². The van der Waals surface area contributed by atoms with E-state index in [0.29, 0.717) is 6.42 Å². The molecular weight excluding hydrogens is 392 g/mol. The fraction of sp³-hybridized carbons (Fsp3) is 0.818. The first-order valence-corrected chi connectivity index (χ1v) is 10.5. The van der Waals surface area contributed by atoms with E-state index in [1.54, 1.807) is 19.9 Å². The van der Waals surface area contributed by atoms with Crippen LogP contribution in [0.5, 0.6) is 0 Å². The van der Waals surface area contributed by atoms with Crippen LogP contribution in [0.25, 0.3) is 0 Å². The lowest BCUT2D eigenvalue weighted by Gasteiger charge is -2.72. The SMILES string of the molecule is COC1=C[C@@H](C)[C@H]2C[C@H]3OC(=O)C[C@]4(O)[C@@]3(C)[C@H]([C@H](O)[C@@H](OC)[C@@]4(C)O)[C@@]2(C)C1=O. The van der Waals surface area contributed by atoms with E-state index in [0.717, 1.165) is 0 Å². The topological polar surface area (TPSA) is 123 Å². The summed E-state index contributed by atoms with van der Waals surface area (Å²) in [5, 5.41) is 34.9. The Balaban J connectivity index is 2.01. The number of Topliss-reactive ketones (excluding diaryl/α,β-unsaturated/α-hetero) is 1. The van der Waals surface area contributed by atoms with Crippen LogP contribution in [0, 0.1) is 28.6 Å². The van der Waals surface area contributed by atoms with Crippen molar-refractivity contribution in [1.82, 2.24) is 0 Å². The number of ketones is 1. The molecule has 8 heteroatoms. The average Bonchev–Trinajstić information content (AvgIpc) is 2.64. The van der Waals surface area contributed by atoms with Crippen molar-refractivity contribution in [2.75, 3.05) is 14.2 Å². The van der Waals surface area contributed by atoms with Gasteiger partial charge < -0.3 is 29.5 Å². The molecule has 30 heavy (non-hydrogen) atoms. The van der Waals surface area contributed by atoms with Gasteiger partial charge in [0.2, 0.25) is 5.78 Å². The highest BCUT2D eigenvalue weighted by molar-refractivity contribution is 6.00. The number of carbonyl (C=O) groups is 2. The monoisotopic (exact) mass is 424 g/mol. The third-order valence-electron chi connectivity index (χ3n) is 9.04.